The highest BCUT2D eigenvalue weighted by Crippen LogP contribution is 2.15. The second-order valence-electron chi connectivity index (χ2n) is 5.33. The number of carbonyl (C=O) groups is 1. The van der Waals surface area contributed by atoms with Gasteiger partial charge in [0.1, 0.15) is 5.75 Å². The highest BCUT2D eigenvalue weighted by atomic mass is 35.5. The van der Waals surface area contributed by atoms with E-state index in [4.69, 9.17) is 16.3 Å². The molecule has 2 N–H and O–H groups in total. The molecular weight excluding hydrogens is 326 g/mol. The number of nitrogens with one attached hydrogen (secondary N) is 2. The number of nitrogens with zero attached hydrogens (tertiary/aromatic N) is 1. The summed E-state index contributed by atoms with van der Waals surface area (Å²) in [4.78, 5) is 15.6. The van der Waals surface area contributed by atoms with Gasteiger partial charge in [-0.25, -0.2) is 4.79 Å². The Bertz CT molecular complexity index is 605. The van der Waals surface area contributed by atoms with E-state index < -0.39 is 0 Å². The largest absolute Gasteiger partial charge is 0.494 e. The Morgan fingerprint density at radius 3 is 2.46 bits per heavy atom. The zero-order valence-corrected chi connectivity index (χ0v) is 14.3. The molecule has 24 heavy (non-hydrogen) atoms. The summed E-state index contributed by atoms with van der Waals surface area (Å²) < 4.78 is 5.63. The fourth-order valence-electron chi connectivity index (χ4n) is 2.11. The van der Waals surface area contributed by atoms with Crippen LogP contribution in [0.25, 0.3) is 0 Å². The molecule has 2 rings (SSSR count). The van der Waals surface area contributed by atoms with Crippen LogP contribution in [0, 0.1) is 0 Å². The van der Waals surface area contributed by atoms with Gasteiger partial charge in [-0.05, 0) is 49.2 Å². The number of rotatable bonds is 9. The number of unbranched alkanes of at least 4 members (excludes halogenated alkanes) is 3. The minimum Gasteiger partial charge on any atom is -0.494 e. The van der Waals surface area contributed by atoms with Gasteiger partial charge >= 0.3 is 6.03 Å². The van der Waals surface area contributed by atoms with Crippen molar-refractivity contribution in [3.63, 3.8) is 0 Å². The van der Waals surface area contributed by atoms with Gasteiger partial charge in [0.2, 0.25) is 0 Å². The molecule has 0 spiro atoms. The molecule has 0 atom stereocenters. The van der Waals surface area contributed by atoms with Gasteiger partial charge in [0, 0.05) is 29.6 Å². The second kappa shape index (κ2) is 10.5. The number of benzene rings is 1. The van der Waals surface area contributed by atoms with Gasteiger partial charge in [0.05, 0.1) is 6.61 Å². The Morgan fingerprint density at radius 2 is 1.71 bits per heavy atom. The predicted molar refractivity (Wildman–Crippen MR) is 96.7 cm³/mol. The van der Waals surface area contributed by atoms with E-state index in [1.54, 1.807) is 24.5 Å². The van der Waals surface area contributed by atoms with Crippen LogP contribution >= 0.6 is 11.6 Å². The minimum absolute atomic E-state index is 0.188. The quantitative estimate of drug-likeness (QED) is 0.656. The summed E-state index contributed by atoms with van der Waals surface area (Å²) >= 11 is 5.82. The molecule has 0 aliphatic heterocycles. The fraction of sp³-hybridized carbons (Fsp3) is 0.333. The SMILES string of the molecule is O=C(NCCCCCCOc1ccc(Cl)cc1)Nc1ccncc1. The zero-order valence-electron chi connectivity index (χ0n) is 13.5. The summed E-state index contributed by atoms with van der Waals surface area (Å²) in [6.45, 7) is 1.35. The number of pyridine rings is 1. The van der Waals surface area contributed by atoms with E-state index in [1.165, 1.54) is 0 Å². The van der Waals surface area contributed by atoms with Crippen molar-refractivity contribution in [2.75, 3.05) is 18.5 Å². The zero-order chi connectivity index (χ0) is 17.0. The Morgan fingerprint density at radius 1 is 1.00 bits per heavy atom. The fourth-order valence-corrected chi connectivity index (χ4v) is 2.24. The number of amides is 2. The molecule has 0 bridgehead atoms. The highest BCUT2D eigenvalue weighted by Gasteiger charge is 2.00. The third-order valence-corrected chi connectivity index (χ3v) is 3.63. The van der Waals surface area contributed by atoms with Crippen LogP contribution in [0.2, 0.25) is 5.02 Å². The van der Waals surface area contributed by atoms with Crippen LogP contribution in [-0.2, 0) is 0 Å². The monoisotopic (exact) mass is 347 g/mol. The van der Waals surface area contributed by atoms with Crippen LogP contribution in [0.3, 0.4) is 0 Å². The van der Waals surface area contributed by atoms with Crippen LogP contribution in [0.5, 0.6) is 5.75 Å². The molecule has 1 aromatic carbocycles. The molecule has 0 saturated carbocycles. The first-order chi connectivity index (χ1) is 11.7. The summed E-state index contributed by atoms with van der Waals surface area (Å²) in [5, 5.41) is 6.31. The van der Waals surface area contributed by atoms with E-state index in [1.807, 2.05) is 24.3 Å². The number of hydrogen-bond donors (Lipinski definition) is 2. The number of ether oxygens (including phenoxy) is 1. The molecule has 6 heteroatoms. The molecule has 0 aliphatic carbocycles. The maximum Gasteiger partial charge on any atom is 0.319 e. The molecule has 0 aliphatic rings. The number of aromatic nitrogens is 1. The normalized spacial score (nSPS) is 10.2. The van der Waals surface area contributed by atoms with Crippen molar-refractivity contribution in [3.05, 3.63) is 53.8 Å². The van der Waals surface area contributed by atoms with Crippen molar-refractivity contribution >= 4 is 23.3 Å². The van der Waals surface area contributed by atoms with Gasteiger partial charge in [-0.2, -0.15) is 0 Å². The van der Waals surface area contributed by atoms with Crippen molar-refractivity contribution in [2.45, 2.75) is 25.7 Å². The average molecular weight is 348 g/mol. The van der Waals surface area contributed by atoms with Gasteiger partial charge in [-0.15, -0.1) is 0 Å². The van der Waals surface area contributed by atoms with E-state index in [0.717, 1.165) is 37.1 Å². The average Bonchev–Trinajstić information content (AvgIpc) is 2.60. The summed E-state index contributed by atoms with van der Waals surface area (Å²) in [6, 6.07) is 10.7. The van der Waals surface area contributed by atoms with Crippen molar-refractivity contribution in [3.8, 4) is 5.75 Å². The van der Waals surface area contributed by atoms with Crippen molar-refractivity contribution < 1.29 is 9.53 Å². The molecule has 0 saturated heterocycles. The van der Waals surface area contributed by atoms with Crippen LogP contribution < -0.4 is 15.4 Å². The first-order valence-corrected chi connectivity index (χ1v) is 8.45. The first-order valence-electron chi connectivity index (χ1n) is 8.07. The second-order valence-corrected chi connectivity index (χ2v) is 5.77. The Kier molecular flexibility index (Phi) is 7.90. The third-order valence-electron chi connectivity index (χ3n) is 3.38. The van der Waals surface area contributed by atoms with Crippen LogP contribution in [0.4, 0.5) is 10.5 Å². The lowest BCUT2D eigenvalue weighted by molar-refractivity contribution is 0.251. The molecule has 2 aromatic rings. The van der Waals surface area contributed by atoms with Gasteiger partial charge in [0.25, 0.3) is 0 Å². The number of anilines is 1. The molecule has 5 nitrogen and oxygen atoms in total. The smallest absolute Gasteiger partial charge is 0.319 e. The Hall–Kier alpha value is -2.27. The molecule has 1 heterocycles. The lowest BCUT2D eigenvalue weighted by atomic mass is 10.2. The summed E-state index contributed by atoms with van der Waals surface area (Å²) in [6.07, 6.45) is 7.35. The Labute approximate surface area is 147 Å². The van der Waals surface area contributed by atoms with E-state index in [2.05, 4.69) is 15.6 Å². The third kappa shape index (κ3) is 7.33. The molecule has 0 unspecified atom stereocenters. The van der Waals surface area contributed by atoms with E-state index in [0.29, 0.717) is 18.2 Å². The first kappa shape index (κ1) is 18.1. The molecular formula is C18H22ClN3O2. The van der Waals surface area contributed by atoms with Crippen molar-refractivity contribution in [2.24, 2.45) is 0 Å². The standard InChI is InChI=1S/C18H22ClN3O2/c19-15-5-7-17(8-6-15)24-14-4-2-1-3-11-21-18(23)22-16-9-12-20-13-10-16/h5-10,12-13H,1-4,11,14H2,(H2,20,21,22,23). The van der Waals surface area contributed by atoms with Crippen LogP contribution in [-0.4, -0.2) is 24.2 Å². The van der Waals surface area contributed by atoms with Gasteiger partial charge in [0.15, 0.2) is 0 Å². The van der Waals surface area contributed by atoms with Crippen LogP contribution in [0.15, 0.2) is 48.8 Å². The molecule has 2 amide bonds. The van der Waals surface area contributed by atoms with E-state index >= 15 is 0 Å². The summed E-state index contributed by atoms with van der Waals surface area (Å²) in [5.74, 6) is 0.842. The number of halogens is 1. The summed E-state index contributed by atoms with van der Waals surface area (Å²) in [7, 11) is 0. The highest BCUT2D eigenvalue weighted by molar-refractivity contribution is 6.30. The lowest BCUT2D eigenvalue weighted by Crippen LogP contribution is -2.29. The number of carbonyl (C=O) groups excluding carboxylic acids is 1. The summed E-state index contributed by atoms with van der Waals surface area (Å²) in [5.41, 5.74) is 0.738. The maximum atomic E-state index is 11.7. The lowest BCUT2D eigenvalue weighted by Gasteiger charge is -2.08. The number of hydrogen-bond acceptors (Lipinski definition) is 3. The van der Waals surface area contributed by atoms with Crippen molar-refractivity contribution in [1.29, 1.82) is 0 Å². The Balaban J connectivity index is 1.45. The molecule has 128 valence electrons. The topological polar surface area (TPSA) is 63.2 Å². The number of urea groups is 1. The molecule has 1 aromatic heterocycles. The van der Waals surface area contributed by atoms with Gasteiger partial charge < -0.3 is 15.4 Å². The van der Waals surface area contributed by atoms with E-state index in [-0.39, 0.29) is 6.03 Å². The van der Waals surface area contributed by atoms with Crippen LogP contribution in [0.1, 0.15) is 25.7 Å². The van der Waals surface area contributed by atoms with Crippen molar-refractivity contribution in [1.82, 2.24) is 10.3 Å². The molecule has 0 radical (unpaired) electrons. The maximum absolute atomic E-state index is 11.7. The predicted octanol–water partition coefficient (Wildman–Crippen LogP) is 4.50. The van der Waals surface area contributed by atoms with Gasteiger partial charge in [-0.1, -0.05) is 24.4 Å². The van der Waals surface area contributed by atoms with E-state index in [9.17, 15) is 4.79 Å². The van der Waals surface area contributed by atoms with Gasteiger partial charge in [-0.3, -0.25) is 4.98 Å². The molecule has 0 fully saturated rings. The minimum atomic E-state index is -0.188.